The first-order valence-electron chi connectivity index (χ1n) is 6.53. The van der Waals surface area contributed by atoms with Crippen LogP contribution in [0.4, 0.5) is 5.69 Å². The Morgan fingerprint density at radius 3 is 2.83 bits per heavy atom. The molecule has 2 saturated carbocycles. The minimum atomic E-state index is 0.200. The summed E-state index contributed by atoms with van der Waals surface area (Å²) in [6.45, 7) is 0. The van der Waals surface area contributed by atoms with Gasteiger partial charge in [-0.25, -0.2) is 5.01 Å². The van der Waals surface area contributed by atoms with Gasteiger partial charge in [0.05, 0.1) is 29.8 Å². The van der Waals surface area contributed by atoms with E-state index in [2.05, 4.69) is 33.5 Å². The predicted octanol–water partition coefficient (Wildman–Crippen LogP) is 2.79. The summed E-state index contributed by atoms with van der Waals surface area (Å²) >= 11 is 0. The van der Waals surface area contributed by atoms with E-state index in [0.29, 0.717) is 17.9 Å². The molecule has 1 aromatic carbocycles. The molecule has 4 nitrogen and oxygen atoms in total. The predicted molar refractivity (Wildman–Crippen MR) is 66.7 cm³/mol. The van der Waals surface area contributed by atoms with E-state index >= 15 is 0 Å². The number of fused-ring (bicyclic) bond motifs is 5. The summed E-state index contributed by atoms with van der Waals surface area (Å²) in [7, 11) is 0. The van der Waals surface area contributed by atoms with Crippen molar-refractivity contribution >= 4 is 5.69 Å². The average molecular weight is 238 g/mol. The van der Waals surface area contributed by atoms with E-state index in [1.807, 2.05) is 18.2 Å². The zero-order chi connectivity index (χ0) is 12.1. The van der Waals surface area contributed by atoms with Crippen molar-refractivity contribution in [1.29, 1.82) is 5.26 Å². The smallest absolute Gasteiger partial charge is 0.0997 e. The number of hydrogen-bond donors (Lipinski definition) is 0. The van der Waals surface area contributed by atoms with Crippen LogP contribution in [0.5, 0.6) is 0 Å². The van der Waals surface area contributed by atoms with Crippen molar-refractivity contribution < 1.29 is 0 Å². The lowest BCUT2D eigenvalue weighted by Crippen LogP contribution is -2.41. The van der Waals surface area contributed by atoms with Crippen LogP contribution in [0.1, 0.15) is 12.8 Å². The fourth-order valence-electron chi connectivity index (χ4n) is 3.93. The normalized spacial score (nSPS) is 39.9. The monoisotopic (exact) mass is 238 g/mol. The Bertz CT molecular complexity index is 532. The van der Waals surface area contributed by atoms with Gasteiger partial charge in [0.1, 0.15) is 0 Å². The summed E-state index contributed by atoms with van der Waals surface area (Å²) in [6, 6.07) is 13.3. The second-order valence-corrected chi connectivity index (χ2v) is 5.50. The molecule has 1 aliphatic heterocycles. The van der Waals surface area contributed by atoms with Gasteiger partial charge in [0, 0.05) is 5.92 Å². The molecule has 4 rings (SSSR count). The zero-order valence-corrected chi connectivity index (χ0v) is 9.98. The quantitative estimate of drug-likeness (QED) is 0.755. The Hall–Kier alpha value is -1.89. The summed E-state index contributed by atoms with van der Waals surface area (Å²) < 4.78 is 0. The van der Waals surface area contributed by atoms with Crippen LogP contribution >= 0.6 is 0 Å². The molecule has 2 fully saturated rings. The SMILES string of the molecule is N#C[C@H]1C[C@H]2C[C@H]1[C@@H]1N=NN(c3ccccc3)[C@H]21. The molecule has 2 bridgehead atoms. The minimum absolute atomic E-state index is 0.200. The molecule has 1 heterocycles. The molecule has 4 heteroatoms. The van der Waals surface area contributed by atoms with Crippen molar-refractivity contribution in [3.63, 3.8) is 0 Å². The lowest BCUT2D eigenvalue weighted by Gasteiger charge is -2.30. The Balaban J connectivity index is 1.66. The molecule has 0 N–H and O–H groups in total. The van der Waals surface area contributed by atoms with Gasteiger partial charge < -0.3 is 0 Å². The van der Waals surface area contributed by atoms with Gasteiger partial charge in [0.2, 0.25) is 0 Å². The van der Waals surface area contributed by atoms with E-state index in [4.69, 9.17) is 5.26 Å². The third-order valence-corrected chi connectivity index (χ3v) is 4.67. The third kappa shape index (κ3) is 1.19. The van der Waals surface area contributed by atoms with Crippen molar-refractivity contribution in [3.8, 4) is 6.07 Å². The van der Waals surface area contributed by atoms with E-state index in [1.165, 1.54) is 0 Å². The molecule has 0 saturated heterocycles. The van der Waals surface area contributed by atoms with Crippen LogP contribution in [-0.2, 0) is 0 Å². The van der Waals surface area contributed by atoms with Gasteiger partial charge >= 0.3 is 0 Å². The molecule has 0 spiro atoms. The van der Waals surface area contributed by atoms with Crippen molar-refractivity contribution in [2.75, 3.05) is 5.01 Å². The van der Waals surface area contributed by atoms with Crippen LogP contribution in [0.2, 0.25) is 0 Å². The van der Waals surface area contributed by atoms with Gasteiger partial charge in [-0.15, -0.1) is 0 Å². The lowest BCUT2D eigenvalue weighted by molar-refractivity contribution is 0.330. The van der Waals surface area contributed by atoms with Crippen LogP contribution in [-0.4, -0.2) is 12.1 Å². The summed E-state index contributed by atoms with van der Waals surface area (Å²) in [5, 5.41) is 20.0. The first kappa shape index (κ1) is 10.1. The molecule has 2 aliphatic carbocycles. The van der Waals surface area contributed by atoms with E-state index in [-0.39, 0.29) is 12.0 Å². The fraction of sp³-hybridized carbons (Fsp3) is 0.500. The van der Waals surface area contributed by atoms with Gasteiger partial charge in [-0.3, -0.25) is 0 Å². The molecule has 0 radical (unpaired) electrons. The Morgan fingerprint density at radius 2 is 2.06 bits per heavy atom. The highest BCUT2D eigenvalue weighted by molar-refractivity contribution is 5.48. The van der Waals surface area contributed by atoms with Gasteiger partial charge in [-0.1, -0.05) is 23.4 Å². The van der Waals surface area contributed by atoms with E-state index in [9.17, 15) is 0 Å². The summed E-state index contributed by atoms with van der Waals surface area (Å²) in [4.78, 5) is 0. The van der Waals surface area contributed by atoms with Crippen LogP contribution in [0.25, 0.3) is 0 Å². The van der Waals surface area contributed by atoms with Gasteiger partial charge in [0.15, 0.2) is 0 Å². The van der Waals surface area contributed by atoms with Crippen molar-refractivity contribution in [3.05, 3.63) is 30.3 Å². The van der Waals surface area contributed by atoms with Crippen LogP contribution in [0.3, 0.4) is 0 Å². The Kier molecular flexibility index (Phi) is 1.99. The number of benzene rings is 1. The third-order valence-electron chi connectivity index (χ3n) is 4.67. The number of hydrogen-bond acceptors (Lipinski definition) is 4. The summed E-state index contributed by atoms with van der Waals surface area (Å²) in [5.41, 5.74) is 1.12. The highest BCUT2D eigenvalue weighted by atomic mass is 15.6. The number of nitriles is 1. The maximum absolute atomic E-state index is 9.16. The van der Waals surface area contributed by atoms with Crippen LogP contribution in [0, 0.1) is 29.1 Å². The largest absolute Gasteiger partial charge is 0.242 e. The van der Waals surface area contributed by atoms with Crippen LogP contribution in [0.15, 0.2) is 40.7 Å². The minimum Gasteiger partial charge on any atom is -0.242 e. The highest BCUT2D eigenvalue weighted by Crippen LogP contribution is 2.54. The fourth-order valence-corrected chi connectivity index (χ4v) is 3.93. The van der Waals surface area contributed by atoms with Crippen molar-refractivity contribution in [2.24, 2.45) is 28.1 Å². The maximum Gasteiger partial charge on any atom is 0.0997 e. The van der Waals surface area contributed by atoms with Crippen LogP contribution < -0.4 is 5.01 Å². The number of nitrogens with zero attached hydrogens (tertiary/aromatic N) is 4. The molecule has 90 valence electrons. The van der Waals surface area contributed by atoms with Gasteiger partial charge in [-0.05, 0) is 30.9 Å². The Labute approximate surface area is 106 Å². The number of para-hydroxylation sites is 1. The number of rotatable bonds is 1. The van der Waals surface area contributed by atoms with E-state index < -0.39 is 0 Å². The standard InChI is InChI=1S/C14H14N4/c15-8-10-6-9-7-12(10)13-14(9)18(17-16-13)11-4-2-1-3-5-11/h1-5,9-10,12-14H,6-7H2/t9-,10+,12+,13-,14+/m0/s1. The average Bonchev–Trinajstić information content (AvgIpc) is 3.10. The van der Waals surface area contributed by atoms with Gasteiger partial charge in [-0.2, -0.15) is 10.4 Å². The second kappa shape index (κ2) is 3.55. The first-order valence-corrected chi connectivity index (χ1v) is 6.53. The lowest BCUT2D eigenvalue weighted by atomic mass is 9.83. The zero-order valence-electron chi connectivity index (χ0n) is 9.98. The molecule has 0 unspecified atom stereocenters. The molecule has 3 aliphatic rings. The molecular formula is C14H14N4. The molecule has 0 aromatic heterocycles. The molecular weight excluding hydrogens is 224 g/mol. The maximum atomic E-state index is 9.16. The van der Waals surface area contributed by atoms with E-state index in [0.717, 1.165) is 18.5 Å². The van der Waals surface area contributed by atoms with Gasteiger partial charge in [0.25, 0.3) is 0 Å². The summed E-state index contributed by atoms with van der Waals surface area (Å²) in [5.74, 6) is 1.22. The summed E-state index contributed by atoms with van der Waals surface area (Å²) in [6.07, 6.45) is 2.17. The Morgan fingerprint density at radius 1 is 1.22 bits per heavy atom. The first-order chi connectivity index (χ1) is 8.88. The molecule has 5 atom stereocenters. The van der Waals surface area contributed by atoms with Crippen molar-refractivity contribution in [2.45, 2.75) is 24.9 Å². The number of anilines is 1. The van der Waals surface area contributed by atoms with E-state index in [1.54, 1.807) is 0 Å². The topological polar surface area (TPSA) is 51.8 Å². The molecule has 18 heavy (non-hydrogen) atoms. The second-order valence-electron chi connectivity index (χ2n) is 5.50. The van der Waals surface area contributed by atoms with Crippen molar-refractivity contribution in [1.82, 2.24) is 0 Å². The molecule has 1 aromatic rings. The highest BCUT2D eigenvalue weighted by Gasteiger charge is 2.57. The molecule has 0 amide bonds.